The summed E-state index contributed by atoms with van der Waals surface area (Å²) in [7, 11) is 2.15. The Morgan fingerprint density at radius 3 is 1.96 bits per heavy atom. The van der Waals surface area contributed by atoms with E-state index in [-0.39, 0.29) is 0 Å². The van der Waals surface area contributed by atoms with Gasteiger partial charge in [0, 0.05) is 14.1 Å². The predicted molar refractivity (Wildman–Crippen MR) is 70.5 cm³/mol. The first-order chi connectivity index (χ1) is 10.6. The first-order valence-electron chi connectivity index (χ1n) is 6.94. The summed E-state index contributed by atoms with van der Waals surface area (Å²) in [6.45, 7) is -0.797. The molecule has 2 aliphatic heterocycles. The van der Waals surface area contributed by atoms with Gasteiger partial charge in [-0.1, -0.05) is 0 Å². The molecule has 0 aromatic carbocycles. The number of aliphatic hydroxyl groups excluding tert-OH is 6. The van der Waals surface area contributed by atoms with Crippen LogP contribution in [0.2, 0.25) is 0 Å². The van der Waals surface area contributed by atoms with Crippen LogP contribution in [0.15, 0.2) is 0 Å². The molecule has 0 aromatic heterocycles. The van der Waals surface area contributed by atoms with Crippen molar-refractivity contribution in [3.8, 4) is 0 Å². The largest absolute Gasteiger partial charge is 0.394 e. The second-order valence-corrected chi connectivity index (χ2v) is 5.83. The topological polar surface area (TPSA) is 154 Å². The highest BCUT2D eigenvalue weighted by atomic mass is 19.1. The number of halogens is 1. The molecule has 2 heterocycles. The molecular weight excluding hydrogens is 319 g/mol. The van der Waals surface area contributed by atoms with Crippen LogP contribution in [0.4, 0.5) is 9.18 Å². The zero-order valence-corrected chi connectivity index (χ0v) is 12.5. The Bertz CT molecular complexity index is 448. The van der Waals surface area contributed by atoms with Gasteiger partial charge in [-0.2, -0.15) is 0 Å². The summed E-state index contributed by atoms with van der Waals surface area (Å²) in [5, 5.41) is 58.8. The van der Waals surface area contributed by atoms with Crippen LogP contribution in [0.3, 0.4) is 0 Å². The summed E-state index contributed by atoms with van der Waals surface area (Å²) in [5.74, 6) is 0. The van der Waals surface area contributed by atoms with Crippen LogP contribution in [0.25, 0.3) is 0 Å². The monoisotopic (exact) mass is 340 g/mol. The van der Waals surface area contributed by atoms with Gasteiger partial charge in [-0.15, -0.1) is 0 Å². The maximum Gasteiger partial charge on any atom is 0.323 e. The molecule has 0 aliphatic carbocycles. The molecule has 2 unspecified atom stereocenters. The number of aliphatic hydroxyl groups is 6. The summed E-state index contributed by atoms with van der Waals surface area (Å²) < 4.78 is 20.6. The fourth-order valence-corrected chi connectivity index (χ4v) is 2.95. The lowest BCUT2D eigenvalue weighted by molar-refractivity contribution is -0.310. The van der Waals surface area contributed by atoms with Gasteiger partial charge in [-0.25, -0.2) is 9.18 Å². The molecule has 11 heteroatoms. The van der Waals surface area contributed by atoms with E-state index in [1.54, 1.807) is 0 Å². The van der Waals surface area contributed by atoms with E-state index < -0.39 is 61.3 Å². The number of carbonyl (C=O) groups excluding carboxylic acids is 1. The van der Waals surface area contributed by atoms with Gasteiger partial charge < -0.3 is 35.4 Å². The number of carbonyl (C=O) groups is 1. The van der Waals surface area contributed by atoms with Crippen molar-refractivity contribution in [1.29, 1.82) is 0 Å². The van der Waals surface area contributed by atoms with Gasteiger partial charge in [0.05, 0.1) is 6.61 Å². The Morgan fingerprint density at radius 1 is 1.04 bits per heavy atom. The van der Waals surface area contributed by atoms with E-state index in [4.69, 9.17) is 9.84 Å². The molecule has 2 amide bonds. The first kappa shape index (κ1) is 18.3. The minimum Gasteiger partial charge on any atom is -0.394 e. The molecule has 2 fully saturated rings. The van der Waals surface area contributed by atoms with Gasteiger partial charge in [0.1, 0.15) is 30.5 Å². The highest BCUT2D eigenvalue weighted by molar-refractivity contribution is 5.75. The highest BCUT2D eigenvalue weighted by Gasteiger charge is 2.65. The molecule has 0 bridgehead atoms. The van der Waals surface area contributed by atoms with Gasteiger partial charge in [0.15, 0.2) is 12.5 Å². The molecule has 23 heavy (non-hydrogen) atoms. The number of hydrogen-bond donors (Lipinski definition) is 6. The molecule has 7 atom stereocenters. The molecule has 134 valence electrons. The van der Waals surface area contributed by atoms with Crippen LogP contribution in [0.1, 0.15) is 0 Å². The van der Waals surface area contributed by atoms with Crippen molar-refractivity contribution in [2.75, 3.05) is 20.7 Å². The second-order valence-electron chi connectivity index (χ2n) is 5.83. The third-order valence-electron chi connectivity index (χ3n) is 4.46. The number of hydrogen-bond acceptors (Lipinski definition) is 8. The predicted octanol–water partition coefficient (Wildman–Crippen LogP) is -3.83. The van der Waals surface area contributed by atoms with Gasteiger partial charge >= 0.3 is 6.03 Å². The van der Waals surface area contributed by atoms with Gasteiger partial charge in [-0.05, 0) is 0 Å². The smallest absolute Gasteiger partial charge is 0.323 e. The van der Waals surface area contributed by atoms with E-state index in [0.717, 1.165) is 14.1 Å². The van der Waals surface area contributed by atoms with Crippen LogP contribution in [-0.2, 0) is 4.74 Å². The molecule has 0 saturated carbocycles. The van der Waals surface area contributed by atoms with Crippen molar-refractivity contribution in [2.45, 2.75) is 48.6 Å². The maximum atomic E-state index is 15.5. The summed E-state index contributed by atoms with van der Waals surface area (Å²) in [6, 6.07) is -0.872. The Labute approximate surface area is 130 Å². The number of ether oxygens (including phenoxy) is 1. The lowest BCUT2D eigenvalue weighted by atomic mass is 9.82. The molecule has 0 aromatic rings. The summed E-state index contributed by atoms with van der Waals surface area (Å²) in [6.07, 6.45) is -13.4. The standard InChI is InChI=1S/C12H21FN2O8/c1-14-9(20)12(13,10(21)15(2)11(14)22)8-7(19)6(18)5(17)4(3-16)23-8/h4-10,16-21H,3H2,1-2H3/t4-,5-,6+,7-,8-,9?,10?,12?/m1/s1. The van der Waals surface area contributed by atoms with E-state index in [0.29, 0.717) is 9.80 Å². The fraction of sp³-hybridized carbons (Fsp3) is 0.917. The zero-order valence-electron chi connectivity index (χ0n) is 12.5. The Hall–Kier alpha value is -1.08. The van der Waals surface area contributed by atoms with Crippen molar-refractivity contribution >= 4 is 6.03 Å². The van der Waals surface area contributed by atoms with Crippen molar-refractivity contribution in [2.24, 2.45) is 0 Å². The van der Waals surface area contributed by atoms with Crippen LogP contribution >= 0.6 is 0 Å². The minimum absolute atomic E-state index is 0.591. The van der Waals surface area contributed by atoms with E-state index in [9.17, 15) is 30.3 Å². The molecule has 0 spiro atoms. The highest BCUT2D eigenvalue weighted by Crippen LogP contribution is 2.40. The average Bonchev–Trinajstić information content (AvgIpc) is 2.54. The third-order valence-corrected chi connectivity index (χ3v) is 4.46. The SMILES string of the molecule is CN1C(=O)N(C)C(O)C(F)([C@@H]2O[C@H](CO)[C@@H](O)[C@H](O)[C@H]2O)C1O. The number of amides is 2. The lowest BCUT2D eigenvalue weighted by Crippen LogP contribution is -2.77. The number of rotatable bonds is 2. The number of alkyl halides is 1. The summed E-state index contributed by atoms with van der Waals surface area (Å²) in [4.78, 5) is 13.0. The van der Waals surface area contributed by atoms with E-state index in [1.165, 1.54) is 0 Å². The Balaban J connectivity index is 2.42. The lowest BCUT2D eigenvalue weighted by Gasteiger charge is -2.53. The van der Waals surface area contributed by atoms with Crippen molar-refractivity contribution in [3.05, 3.63) is 0 Å². The Kier molecular flexibility index (Phi) is 4.84. The first-order valence-corrected chi connectivity index (χ1v) is 6.94. The van der Waals surface area contributed by atoms with E-state index in [1.807, 2.05) is 0 Å². The molecule has 10 nitrogen and oxygen atoms in total. The van der Waals surface area contributed by atoms with Crippen molar-refractivity contribution in [3.63, 3.8) is 0 Å². The molecule has 2 saturated heterocycles. The summed E-state index contributed by atoms with van der Waals surface area (Å²) in [5.41, 5.74) is -3.11. The average molecular weight is 340 g/mol. The third kappa shape index (κ3) is 2.48. The van der Waals surface area contributed by atoms with Crippen molar-refractivity contribution in [1.82, 2.24) is 9.80 Å². The van der Waals surface area contributed by atoms with Crippen LogP contribution in [0.5, 0.6) is 0 Å². The Morgan fingerprint density at radius 2 is 1.52 bits per heavy atom. The zero-order chi connectivity index (χ0) is 17.7. The van der Waals surface area contributed by atoms with Crippen LogP contribution in [-0.4, -0.2) is 116 Å². The quantitative estimate of drug-likeness (QED) is 0.299. The fourth-order valence-electron chi connectivity index (χ4n) is 2.95. The van der Waals surface area contributed by atoms with Crippen molar-refractivity contribution < 1.29 is 44.6 Å². The number of nitrogens with zero attached hydrogens (tertiary/aromatic N) is 2. The molecule has 2 rings (SSSR count). The minimum atomic E-state index is -3.11. The number of urea groups is 1. The van der Waals surface area contributed by atoms with E-state index >= 15 is 4.39 Å². The normalized spacial score (nSPS) is 48.7. The van der Waals surface area contributed by atoms with Crippen LogP contribution in [0, 0.1) is 0 Å². The van der Waals surface area contributed by atoms with Gasteiger partial charge in [0.2, 0.25) is 5.67 Å². The molecule has 0 radical (unpaired) electrons. The summed E-state index contributed by atoms with van der Waals surface area (Å²) >= 11 is 0. The van der Waals surface area contributed by atoms with Gasteiger partial charge in [0.25, 0.3) is 0 Å². The molecular formula is C12H21FN2O8. The molecule has 2 aliphatic rings. The molecule has 6 N–H and O–H groups in total. The second kappa shape index (κ2) is 6.09. The van der Waals surface area contributed by atoms with Gasteiger partial charge in [-0.3, -0.25) is 9.80 Å². The van der Waals surface area contributed by atoms with Crippen LogP contribution < -0.4 is 0 Å². The van der Waals surface area contributed by atoms with E-state index in [2.05, 4.69) is 0 Å². The maximum absolute atomic E-state index is 15.5.